The summed E-state index contributed by atoms with van der Waals surface area (Å²) in [4.78, 5) is 44.1. The number of benzene rings is 2. The first-order valence-corrected chi connectivity index (χ1v) is 11.6. The minimum atomic E-state index is -1.10. The predicted octanol–water partition coefficient (Wildman–Crippen LogP) is 4.70. The standard InChI is InChI=1S/C28H18N6O3/c35-27(17-9-11-30-25-16(17)8-10-29-25)34-24-15-5-2-1-4-14(15)23-18(24)6-3-7-19(23)26-32-20-12-21(28(36)37)31-13-22(20)33-26/h1-13,24H,(H,29,30)(H,32,33)(H,34,35)(H,36,37). The second kappa shape index (κ2) is 7.85. The van der Waals surface area contributed by atoms with Crippen LogP contribution >= 0.6 is 0 Å². The molecule has 4 N–H and O–H groups in total. The van der Waals surface area contributed by atoms with Gasteiger partial charge in [0.15, 0.2) is 0 Å². The minimum Gasteiger partial charge on any atom is -0.477 e. The number of carboxylic acids is 1. The number of pyridine rings is 2. The number of amides is 1. The highest BCUT2D eigenvalue weighted by atomic mass is 16.4. The molecule has 2 aromatic carbocycles. The first kappa shape index (κ1) is 21.0. The largest absolute Gasteiger partial charge is 0.477 e. The molecular formula is C28H18N6O3. The van der Waals surface area contributed by atoms with Gasteiger partial charge in [-0.3, -0.25) is 4.79 Å². The molecule has 0 saturated carbocycles. The van der Waals surface area contributed by atoms with Crippen LogP contribution in [0.15, 0.2) is 79.3 Å². The lowest BCUT2D eigenvalue weighted by Gasteiger charge is -2.16. The minimum absolute atomic E-state index is 0.0539. The average molecular weight is 486 g/mol. The molecule has 4 aromatic heterocycles. The number of nitrogens with one attached hydrogen (secondary N) is 3. The number of aromatic nitrogens is 5. The van der Waals surface area contributed by atoms with E-state index < -0.39 is 5.97 Å². The van der Waals surface area contributed by atoms with Crippen LogP contribution in [-0.4, -0.2) is 41.9 Å². The molecule has 6 aromatic rings. The Morgan fingerprint density at radius 3 is 2.68 bits per heavy atom. The monoisotopic (exact) mass is 486 g/mol. The molecule has 0 radical (unpaired) electrons. The number of fused-ring (bicyclic) bond motifs is 5. The van der Waals surface area contributed by atoms with Crippen LogP contribution in [0.25, 0.3) is 44.6 Å². The molecule has 1 unspecified atom stereocenters. The molecule has 1 amide bonds. The van der Waals surface area contributed by atoms with Crippen molar-refractivity contribution in [1.29, 1.82) is 0 Å². The average Bonchev–Trinajstić information content (AvgIpc) is 3.64. The fourth-order valence-corrected chi connectivity index (χ4v) is 5.13. The normalized spacial score (nSPS) is 14.0. The summed E-state index contributed by atoms with van der Waals surface area (Å²) in [6, 6.07) is 18.6. The third-order valence-corrected chi connectivity index (χ3v) is 6.77. The van der Waals surface area contributed by atoms with E-state index in [-0.39, 0.29) is 17.6 Å². The van der Waals surface area contributed by atoms with Gasteiger partial charge in [0.05, 0.1) is 23.3 Å². The molecule has 1 atom stereocenters. The molecule has 0 spiro atoms. The van der Waals surface area contributed by atoms with Gasteiger partial charge >= 0.3 is 5.97 Å². The van der Waals surface area contributed by atoms with Crippen LogP contribution in [0, 0.1) is 0 Å². The molecule has 0 saturated heterocycles. The topological polar surface area (TPSA) is 137 Å². The van der Waals surface area contributed by atoms with Gasteiger partial charge in [-0.05, 0) is 40.5 Å². The van der Waals surface area contributed by atoms with Gasteiger partial charge in [0, 0.05) is 23.3 Å². The maximum Gasteiger partial charge on any atom is 0.354 e. The fraction of sp³-hybridized carbons (Fsp3) is 0.0357. The third kappa shape index (κ3) is 3.21. The number of carboxylic acid groups (broad SMARTS) is 1. The van der Waals surface area contributed by atoms with Crippen molar-refractivity contribution in [2.75, 3.05) is 0 Å². The van der Waals surface area contributed by atoms with E-state index >= 15 is 0 Å². The summed E-state index contributed by atoms with van der Waals surface area (Å²) in [7, 11) is 0. The van der Waals surface area contributed by atoms with Gasteiger partial charge < -0.3 is 20.4 Å². The van der Waals surface area contributed by atoms with Crippen molar-refractivity contribution >= 4 is 33.9 Å². The Hall–Kier alpha value is -5.31. The molecule has 178 valence electrons. The van der Waals surface area contributed by atoms with Crippen LogP contribution in [0.3, 0.4) is 0 Å². The van der Waals surface area contributed by atoms with E-state index in [1.165, 1.54) is 12.3 Å². The summed E-state index contributed by atoms with van der Waals surface area (Å²) in [5, 5.41) is 13.3. The molecule has 0 fully saturated rings. The van der Waals surface area contributed by atoms with Gasteiger partial charge in [-0.25, -0.2) is 19.7 Å². The third-order valence-electron chi connectivity index (χ3n) is 6.77. The van der Waals surface area contributed by atoms with Gasteiger partial charge in [-0.1, -0.05) is 42.5 Å². The van der Waals surface area contributed by atoms with Crippen molar-refractivity contribution in [1.82, 2.24) is 30.2 Å². The van der Waals surface area contributed by atoms with Crippen LogP contribution in [0.4, 0.5) is 0 Å². The van der Waals surface area contributed by atoms with E-state index in [9.17, 15) is 14.7 Å². The Morgan fingerprint density at radius 2 is 1.78 bits per heavy atom. The van der Waals surface area contributed by atoms with Crippen LogP contribution in [-0.2, 0) is 0 Å². The van der Waals surface area contributed by atoms with E-state index in [1.54, 1.807) is 18.5 Å². The Balaban J connectivity index is 1.34. The van der Waals surface area contributed by atoms with E-state index in [0.29, 0.717) is 28.1 Å². The second-order valence-electron chi connectivity index (χ2n) is 8.84. The highest BCUT2D eigenvalue weighted by Gasteiger charge is 2.32. The molecule has 1 aliphatic carbocycles. The number of nitrogens with zero attached hydrogens (tertiary/aromatic N) is 3. The first-order valence-electron chi connectivity index (χ1n) is 11.6. The molecule has 0 bridgehead atoms. The zero-order valence-electron chi connectivity index (χ0n) is 19.2. The van der Waals surface area contributed by atoms with Gasteiger partial charge in [-0.2, -0.15) is 0 Å². The van der Waals surface area contributed by atoms with Gasteiger partial charge in [0.25, 0.3) is 5.91 Å². The summed E-state index contributed by atoms with van der Waals surface area (Å²) >= 11 is 0. The number of carbonyl (C=O) groups excluding carboxylic acids is 1. The lowest BCUT2D eigenvalue weighted by Crippen LogP contribution is -2.28. The van der Waals surface area contributed by atoms with Crippen LogP contribution in [0.2, 0.25) is 0 Å². The van der Waals surface area contributed by atoms with Crippen LogP contribution in [0.5, 0.6) is 0 Å². The Bertz CT molecular complexity index is 1890. The highest BCUT2D eigenvalue weighted by Crippen LogP contribution is 2.47. The van der Waals surface area contributed by atoms with Crippen molar-refractivity contribution in [3.63, 3.8) is 0 Å². The van der Waals surface area contributed by atoms with E-state index in [4.69, 9.17) is 0 Å². The van der Waals surface area contributed by atoms with E-state index in [0.717, 1.165) is 33.2 Å². The van der Waals surface area contributed by atoms with Crippen molar-refractivity contribution < 1.29 is 14.7 Å². The first-order chi connectivity index (χ1) is 18.1. The predicted molar refractivity (Wildman–Crippen MR) is 137 cm³/mol. The lowest BCUT2D eigenvalue weighted by atomic mass is 9.98. The van der Waals surface area contributed by atoms with Crippen LogP contribution < -0.4 is 5.32 Å². The number of aromatic amines is 2. The second-order valence-corrected chi connectivity index (χ2v) is 8.84. The number of rotatable bonds is 4. The molecule has 37 heavy (non-hydrogen) atoms. The lowest BCUT2D eigenvalue weighted by molar-refractivity contribution is 0.0690. The summed E-state index contributed by atoms with van der Waals surface area (Å²) in [5.74, 6) is -0.695. The highest BCUT2D eigenvalue weighted by molar-refractivity contribution is 6.06. The van der Waals surface area contributed by atoms with Crippen molar-refractivity contribution in [3.8, 4) is 22.5 Å². The van der Waals surface area contributed by atoms with Gasteiger partial charge in [-0.15, -0.1) is 0 Å². The van der Waals surface area contributed by atoms with Crippen LogP contribution in [0.1, 0.15) is 38.0 Å². The maximum absolute atomic E-state index is 13.5. The number of aromatic carboxylic acids is 1. The number of hydrogen-bond donors (Lipinski definition) is 4. The molecule has 9 nitrogen and oxygen atoms in total. The van der Waals surface area contributed by atoms with E-state index in [1.807, 2.05) is 48.5 Å². The fourth-order valence-electron chi connectivity index (χ4n) is 5.13. The summed E-state index contributed by atoms with van der Waals surface area (Å²) in [6.07, 6.45) is 4.84. The zero-order valence-corrected chi connectivity index (χ0v) is 19.2. The smallest absolute Gasteiger partial charge is 0.354 e. The van der Waals surface area contributed by atoms with Gasteiger partial charge in [0.1, 0.15) is 22.7 Å². The summed E-state index contributed by atoms with van der Waals surface area (Å²) in [5.41, 5.74) is 7.08. The number of imidazole rings is 1. The number of carbonyl (C=O) groups is 2. The number of H-pyrrole nitrogens is 2. The Morgan fingerprint density at radius 1 is 0.946 bits per heavy atom. The Labute approximate surface area is 209 Å². The molecule has 1 aliphatic rings. The molecule has 4 heterocycles. The maximum atomic E-state index is 13.5. The molecule has 7 rings (SSSR count). The van der Waals surface area contributed by atoms with Crippen molar-refractivity contribution in [3.05, 3.63) is 102 Å². The molecule has 9 heteroatoms. The van der Waals surface area contributed by atoms with Crippen molar-refractivity contribution in [2.45, 2.75) is 6.04 Å². The summed E-state index contributed by atoms with van der Waals surface area (Å²) in [6.45, 7) is 0. The molecule has 0 aliphatic heterocycles. The zero-order chi connectivity index (χ0) is 25.1. The number of hydrogen-bond acceptors (Lipinski definition) is 5. The van der Waals surface area contributed by atoms with Crippen molar-refractivity contribution in [2.24, 2.45) is 0 Å². The SMILES string of the molecule is O=C(O)c1cc2[nH]c(-c3cccc4c3-c3ccccc3C4NC(=O)c3ccnc4[nH]ccc34)nc2cn1. The summed E-state index contributed by atoms with van der Waals surface area (Å²) < 4.78 is 0. The van der Waals surface area contributed by atoms with E-state index in [2.05, 4.69) is 30.2 Å². The molecular weight excluding hydrogens is 468 g/mol. The van der Waals surface area contributed by atoms with Gasteiger partial charge in [0.2, 0.25) is 0 Å². The quantitative estimate of drug-likeness (QED) is 0.285. The Kier molecular flexibility index (Phi) is 4.46.